The summed E-state index contributed by atoms with van der Waals surface area (Å²) in [5, 5.41) is 0.732. The van der Waals surface area contributed by atoms with Crippen LogP contribution in [0.2, 0.25) is 0 Å². The van der Waals surface area contributed by atoms with Gasteiger partial charge in [0.05, 0.1) is 0 Å². The molecule has 0 amide bonds. The summed E-state index contributed by atoms with van der Waals surface area (Å²) < 4.78 is 11.9. The number of unbranched alkanes of at least 4 members (excludes halogenated alkanes) is 2. The second-order valence-electron chi connectivity index (χ2n) is 2.04. The summed E-state index contributed by atoms with van der Waals surface area (Å²) in [7, 11) is 1.45. The minimum atomic E-state index is 0.577. The summed E-state index contributed by atoms with van der Waals surface area (Å²) in [4.78, 5) is 0. The van der Waals surface area contributed by atoms with Crippen molar-refractivity contribution in [2.75, 3.05) is 13.6 Å². The van der Waals surface area contributed by atoms with Crippen molar-refractivity contribution in [3.8, 4) is 0 Å². The minimum Gasteiger partial charge on any atom is -0.149 e. The molecule has 0 aliphatic carbocycles. The molecule has 1 nitrogen and oxygen atoms in total. The van der Waals surface area contributed by atoms with Crippen LogP contribution in [0.15, 0.2) is 0 Å². The van der Waals surface area contributed by atoms with Gasteiger partial charge in [-0.3, -0.25) is 0 Å². The first kappa shape index (κ1) is 7.89. The van der Waals surface area contributed by atoms with Crippen LogP contribution in [-0.2, 0) is 0 Å². The molecule has 0 spiro atoms. The van der Waals surface area contributed by atoms with E-state index in [1.54, 1.807) is 0 Å². The molecule has 0 bridgehead atoms. The lowest BCUT2D eigenvalue weighted by atomic mass is 10.2. The van der Waals surface area contributed by atoms with E-state index in [1.807, 2.05) is 0 Å². The molecule has 0 saturated carbocycles. The molecule has 0 aromatic rings. The molecular weight excluding hydrogens is 105 g/mol. The molecule has 0 heterocycles. The zero-order chi connectivity index (χ0) is 6.41. The molecule has 2 heteroatoms. The fraction of sp³-hybridized carbons (Fsp3) is 1.00. The quantitative estimate of drug-likeness (QED) is 0.404. The Kier molecular flexibility index (Phi) is 4.97. The molecule has 0 radical (unpaired) electrons. The highest BCUT2D eigenvalue weighted by molar-refractivity contribution is 4.38. The molecular formula is C6H14FN. The Morgan fingerprint density at radius 1 is 1.38 bits per heavy atom. The van der Waals surface area contributed by atoms with Gasteiger partial charge < -0.3 is 0 Å². The SMILES string of the molecule is CCCCCN(C)F. The lowest BCUT2D eigenvalue weighted by Gasteiger charge is -2.01. The van der Waals surface area contributed by atoms with E-state index in [0.29, 0.717) is 6.54 Å². The van der Waals surface area contributed by atoms with Gasteiger partial charge in [-0.1, -0.05) is 19.8 Å². The second kappa shape index (κ2) is 5.04. The van der Waals surface area contributed by atoms with Gasteiger partial charge in [0, 0.05) is 13.6 Å². The van der Waals surface area contributed by atoms with Gasteiger partial charge in [-0.15, -0.1) is 9.60 Å². The summed E-state index contributed by atoms with van der Waals surface area (Å²) in [6.45, 7) is 2.69. The van der Waals surface area contributed by atoms with E-state index in [9.17, 15) is 4.48 Å². The number of halogens is 1. The number of hydrogen-bond donors (Lipinski definition) is 0. The van der Waals surface area contributed by atoms with Gasteiger partial charge in [0.1, 0.15) is 0 Å². The van der Waals surface area contributed by atoms with Gasteiger partial charge in [0.2, 0.25) is 0 Å². The average Bonchev–Trinajstić information content (AvgIpc) is 1.66. The highest BCUT2D eigenvalue weighted by Crippen LogP contribution is 1.95. The minimum absolute atomic E-state index is 0.577. The Bertz CT molecular complexity index is 45.8. The molecule has 0 saturated heterocycles. The zero-order valence-corrected chi connectivity index (χ0v) is 5.65. The van der Waals surface area contributed by atoms with Gasteiger partial charge >= 0.3 is 0 Å². The number of nitrogens with zero attached hydrogens (tertiary/aromatic N) is 1. The van der Waals surface area contributed by atoms with Crippen LogP contribution in [0.5, 0.6) is 0 Å². The summed E-state index contributed by atoms with van der Waals surface area (Å²) >= 11 is 0. The lowest BCUT2D eigenvalue weighted by Crippen LogP contribution is -2.06. The Labute approximate surface area is 50.4 Å². The monoisotopic (exact) mass is 119 g/mol. The van der Waals surface area contributed by atoms with E-state index in [-0.39, 0.29) is 0 Å². The molecule has 0 aliphatic heterocycles. The van der Waals surface area contributed by atoms with Crippen molar-refractivity contribution in [2.45, 2.75) is 26.2 Å². The van der Waals surface area contributed by atoms with Crippen LogP contribution >= 0.6 is 0 Å². The van der Waals surface area contributed by atoms with Crippen molar-refractivity contribution < 1.29 is 4.48 Å². The Morgan fingerprint density at radius 2 is 2.00 bits per heavy atom. The Hall–Kier alpha value is -0.110. The topological polar surface area (TPSA) is 3.24 Å². The molecule has 0 aromatic heterocycles. The highest BCUT2D eigenvalue weighted by atomic mass is 19.2. The Morgan fingerprint density at radius 3 is 2.38 bits per heavy atom. The maximum absolute atomic E-state index is 11.9. The largest absolute Gasteiger partial charge is 0.149 e. The van der Waals surface area contributed by atoms with Crippen LogP contribution in [0.3, 0.4) is 0 Å². The van der Waals surface area contributed by atoms with E-state index in [2.05, 4.69) is 6.92 Å². The third kappa shape index (κ3) is 5.89. The van der Waals surface area contributed by atoms with Crippen molar-refractivity contribution in [3.05, 3.63) is 0 Å². The number of hydrogen-bond acceptors (Lipinski definition) is 1. The predicted molar refractivity (Wildman–Crippen MR) is 33.3 cm³/mol. The first-order valence-electron chi connectivity index (χ1n) is 3.14. The molecule has 0 aromatic carbocycles. The highest BCUT2D eigenvalue weighted by Gasteiger charge is 1.90. The van der Waals surface area contributed by atoms with Crippen molar-refractivity contribution >= 4 is 0 Å². The van der Waals surface area contributed by atoms with Crippen molar-refractivity contribution in [1.82, 2.24) is 5.12 Å². The molecule has 0 N–H and O–H groups in total. The van der Waals surface area contributed by atoms with E-state index in [4.69, 9.17) is 0 Å². The summed E-state index contributed by atoms with van der Waals surface area (Å²) in [6.07, 6.45) is 3.27. The van der Waals surface area contributed by atoms with E-state index in [0.717, 1.165) is 24.4 Å². The van der Waals surface area contributed by atoms with Crippen LogP contribution in [0.1, 0.15) is 26.2 Å². The zero-order valence-electron chi connectivity index (χ0n) is 5.65. The van der Waals surface area contributed by atoms with Crippen molar-refractivity contribution in [3.63, 3.8) is 0 Å². The molecule has 8 heavy (non-hydrogen) atoms. The fourth-order valence-electron chi connectivity index (χ4n) is 0.580. The molecule has 50 valence electrons. The Balaban J connectivity index is 2.72. The van der Waals surface area contributed by atoms with Gasteiger partial charge in [-0.2, -0.15) is 0 Å². The number of rotatable bonds is 4. The van der Waals surface area contributed by atoms with Gasteiger partial charge in [-0.05, 0) is 6.42 Å². The smallest absolute Gasteiger partial charge is 0.0287 e. The molecule has 0 aliphatic rings. The maximum Gasteiger partial charge on any atom is 0.0287 e. The van der Waals surface area contributed by atoms with Crippen molar-refractivity contribution in [1.29, 1.82) is 0 Å². The van der Waals surface area contributed by atoms with Crippen molar-refractivity contribution in [2.24, 2.45) is 0 Å². The van der Waals surface area contributed by atoms with Gasteiger partial charge in [0.15, 0.2) is 0 Å². The maximum atomic E-state index is 11.9. The van der Waals surface area contributed by atoms with Gasteiger partial charge in [-0.25, -0.2) is 0 Å². The molecule has 0 rings (SSSR count). The third-order valence-electron chi connectivity index (χ3n) is 1.07. The van der Waals surface area contributed by atoms with Crippen LogP contribution < -0.4 is 0 Å². The summed E-state index contributed by atoms with van der Waals surface area (Å²) in [5.41, 5.74) is 0. The van der Waals surface area contributed by atoms with Gasteiger partial charge in [0.25, 0.3) is 0 Å². The average molecular weight is 119 g/mol. The summed E-state index contributed by atoms with van der Waals surface area (Å²) in [5.74, 6) is 0. The first-order valence-corrected chi connectivity index (χ1v) is 3.14. The first-order chi connectivity index (χ1) is 3.77. The molecule has 0 unspecified atom stereocenters. The van der Waals surface area contributed by atoms with E-state index < -0.39 is 0 Å². The fourth-order valence-corrected chi connectivity index (χ4v) is 0.580. The van der Waals surface area contributed by atoms with E-state index >= 15 is 0 Å². The third-order valence-corrected chi connectivity index (χ3v) is 1.07. The second-order valence-corrected chi connectivity index (χ2v) is 2.04. The van der Waals surface area contributed by atoms with Crippen LogP contribution in [-0.4, -0.2) is 18.7 Å². The molecule has 0 atom stereocenters. The normalized spacial score (nSPS) is 10.5. The van der Waals surface area contributed by atoms with E-state index in [1.165, 1.54) is 7.05 Å². The standard InChI is InChI=1S/C6H14FN/c1-3-4-5-6-8(2)7/h3-6H2,1-2H3. The summed E-state index contributed by atoms with van der Waals surface area (Å²) in [6, 6.07) is 0. The van der Waals surface area contributed by atoms with Crippen LogP contribution in [0.25, 0.3) is 0 Å². The van der Waals surface area contributed by atoms with Crippen LogP contribution in [0.4, 0.5) is 4.48 Å². The predicted octanol–water partition coefficient (Wildman–Crippen LogP) is 1.99. The lowest BCUT2D eigenvalue weighted by molar-refractivity contribution is 0.0581. The van der Waals surface area contributed by atoms with Crippen LogP contribution in [0, 0.1) is 0 Å². The molecule has 0 fully saturated rings.